The van der Waals surface area contributed by atoms with Gasteiger partial charge in [-0.3, -0.25) is 4.40 Å². The van der Waals surface area contributed by atoms with Crippen LogP contribution in [0.5, 0.6) is 0 Å². The maximum Gasteiger partial charge on any atom is 0.354 e. The van der Waals surface area contributed by atoms with Crippen molar-refractivity contribution in [3.05, 3.63) is 35.3 Å². The molecule has 2 aromatic rings. The summed E-state index contributed by atoms with van der Waals surface area (Å²) >= 11 is 0. The van der Waals surface area contributed by atoms with E-state index in [9.17, 15) is 9.90 Å². The number of nitrogens with zero attached hydrogens (tertiary/aromatic N) is 2. The van der Waals surface area contributed by atoms with Gasteiger partial charge in [-0.2, -0.15) is 0 Å². The molecule has 0 aliphatic heterocycles. The maximum atomic E-state index is 11.3. The number of carboxylic acids is 1. The molecule has 0 fully saturated rings. The number of fused-ring (bicyclic) bond motifs is 1. The molecule has 4 nitrogen and oxygen atoms in total. The topological polar surface area (TPSA) is 54.6 Å². The molecule has 0 aliphatic carbocycles. The Kier molecular flexibility index (Phi) is 2.42. The molecular formula is C12H14N2O2. The molecule has 2 aromatic heterocycles. The van der Waals surface area contributed by atoms with Gasteiger partial charge in [0.1, 0.15) is 5.65 Å². The zero-order valence-electron chi connectivity index (χ0n) is 9.56. The molecule has 0 unspecified atom stereocenters. The second-order valence-electron chi connectivity index (χ2n) is 4.24. The van der Waals surface area contributed by atoms with Crippen molar-refractivity contribution in [2.24, 2.45) is 0 Å². The van der Waals surface area contributed by atoms with Crippen LogP contribution in [0, 0.1) is 6.92 Å². The van der Waals surface area contributed by atoms with Crippen LogP contribution in [0.25, 0.3) is 5.65 Å². The van der Waals surface area contributed by atoms with Crippen LogP contribution in [-0.2, 0) is 0 Å². The Morgan fingerprint density at radius 1 is 1.44 bits per heavy atom. The number of carbonyl (C=O) groups is 1. The second-order valence-corrected chi connectivity index (χ2v) is 4.24. The molecule has 4 heteroatoms. The smallest absolute Gasteiger partial charge is 0.354 e. The molecule has 0 radical (unpaired) electrons. The number of pyridine rings is 1. The number of carboxylic acid groups (broad SMARTS) is 1. The third kappa shape index (κ3) is 1.56. The highest BCUT2D eigenvalue weighted by atomic mass is 16.4. The minimum absolute atomic E-state index is 0.103. The predicted molar refractivity (Wildman–Crippen MR) is 61.0 cm³/mol. The van der Waals surface area contributed by atoms with Crippen molar-refractivity contribution < 1.29 is 9.90 Å². The summed E-state index contributed by atoms with van der Waals surface area (Å²) in [6.45, 7) is 5.82. The fourth-order valence-corrected chi connectivity index (χ4v) is 1.78. The lowest BCUT2D eigenvalue weighted by Crippen LogP contribution is -2.06. The number of rotatable bonds is 2. The molecule has 0 spiro atoms. The Bertz CT molecular complexity index is 555. The minimum Gasteiger partial charge on any atom is -0.477 e. The van der Waals surface area contributed by atoms with Gasteiger partial charge in [-0.25, -0.2) is 9.78 Å². The van der Waals surface area contributed by atoms with Crippen molar-refractivity contribution in [2.45, 2.75) is 26.7 Å². The second kappa shape index (κ2) is 3.63. The first-order valence-electron chi connectivity index (χ1n) is 5.22. The Labute approximate surface area is 93.5 Å². The van der Waals surface area contributed by atoms with E-state index in [1.165, 1.54) is 0 Å². The van der Waals surface area contributed by atoms with Crippen molar-refractivity contribution in [1.29, 1.82) is 0 Å². The van der Waals surface area contributed by atoms with Crippen LogP contribution in [0.3, 0.4) is 0 Å². The van der Waals surface area contributed by atoms with Crippen molar-refractivity contribution in [1.82, 2.24) is 9.38 Å². The van der Waals surface area contributed by atoms with Crippen LogP contribution in [0.15, 0.2) is 18.3 Å². The van der Waals surface area contributed by atoms with Crippen LogP contribution in [0.2, 0.25) is 0 Å². The lowest BCUT2D eigenvalue weighted by molar-refractivity contribution is 0.0687. The van der Waals surface area contributed by atoms with E-state index in [4.69, 9.17) is 0 Å². The summed E-state index contributed by atoms with van der Waals surface area (Å²) in [6.07, 6.45) is 1.80. The molecule has 84 valence electrons. The van der Waals surface area contributed by atoms with Gasteiger partial charge in [0.2, 0.25) is 0 Å². The molecule has 0 saturated heterocycles. The van der Waals surface area contributed by atoms with E-state index in [2.05, 4.69) is 4.98 Å². The number of hydrogen-bond donors (Lipinski definition) is 1. The molecule has 0 atom stereocenters. The minimum atomic E-state index is -0.929. The number of aromatic carboxylic acids is 1. The Morgan fingerprint density at radius 2 is 2.12 bits per heavy atom. The Morgan fingerprint density at radius 3 is 2.69 bits per heavy atom. The molecule has 16 heavy (non-hydrogen) atoms. The summed E-state index contributed by atoms with van der Waals surface area (Å²) in [5.74, 6) is -0.826. The molecule has 0 saturated carbocycles. The van der Waals surface area contributed by atoms with E-state index < -0.39 is 5.97 Å². The lowest BCUT2D eigenvalue weighted by atomic mass is 10.1. The zero-order chi connectivity index (χ0) is 11.9. The third-order valence-electron chi connectivity index (χ3n) is 2.54. The number of aryl methyl sites for hydroxylation is 1. The SMILES string of the molecule is Cc1ccc2nc(C(C)C)c(C(=O)O)n2c1. The van der Waals surface area contributed by atoms with E-state index in [0.717, 1.165) is 5.56 Å². The van der Waals surface area contributed by atoms with Crippen LogP contribution in [0.1, 0.15) is 41.5 Å². The third-order valence-corrected chi connectivity index (χ3v) is 2.54. The van der Waals surface area contributed by atoms with Crippen LogP contribution in [-0.4, -0.2) is 20.5 Å². The van der Waals surface area contributed by atoms with Crippen LogP contribution < -0.4 is 0 Å². The van der Waals surface area contributed by atoms with Gasteiger partial charge in [0.05, 0.1) is 5.69 Å². The first kappa shape index (κ1) is 10.7. The molecule has 0 bridgehead atoms. The van der Waals surface area contributed by atoms with Gasteiger partial charge in [0.15, 0.2) is 5.69 Å². The fourth-order valence-electron chi connectivity index (χ4n) is 1.78. The van der Waals surface area contributed by atoms with E-state index in [1.807, 2.05) is 32.9 Å². The fraction of sp³-hybridized carbons (Fsp3) is 0.333. The van der Waals surface area contributed by atoms with Gasteiger partial charge in [-0.15, -0.1) is 0 Å². The average molecular weight is 218 g/mol. The van der Waals surface area contributed by atoms with Crippen LogP contribution >= 0.6 is 0 Å². The highest BCUT2D eigenvalue weighted by Gasteiger charge is 2.20. The lowest BCUT2D eigenvalue weighted by Gasteiger charge is -2.02. The van der Waals surface area contributed by atoms with Gasteiger partial charge in [-0.05, 0) is 24.5 Å². The highest BCUT2D eigenvalue weighted by Crippen LogP contribution is 2.21. The summed E-state index contributed by atoms with van der Waals surface area (Å²) in [6, 6.07) is 3.77. The van der Waals surface area contributed by atoms with Gasteiger partial charge in [0.25, 0.3) is 0 Å². The molecule has 2 heterocycles. The summed E-state index contributed by atoms with van der Waals surface area (Å²) < 4.78 is 1.65. The quantitative estimate of drug-likeness (QED) is 0.842. The summed E-state index contributed by atoms with van der Waals surface area (Å²) in [5, 5.41) is 9.23. The zero-order valence-corrected chi connectivity index (χ0v) is 9.56. The molecule has 1 N–H and O–H groups in total. The number of aromatic nitrogens is 2. The predicted octanol–water partition coefficient (Wildman–Crippen LogP) is 2.46. The standard InChI is InChI=1S/C12H14N2O2/c1-7(2)10-11(12(15)16)14-6-8(3)4-5-9(14)13-10/h4-7H,1-3H3,(H,15,16). The summed E-state index contributed by atoms with van der Waals surface area (Å²) in [4.78, 5) is 15.6. The van der Waals surface area contributed by atoms with Gasteiger partial charge < -0.3 is 5.11 Å². The van der Waals surface area contributed by atoms with Gasteiger partial charge in [0, 0.05) is 6.20 Å². The first-order chi connectivity index (χ1) is 7.50. The van der Waals surface area contributed by atoms with E-state index in [-0.39, 0.29) is 11.6 Å². The van der Waals surface area contributed by atoms with Crippen molar-refractivity contribution >= 4 is 11.6 Å². The molecule has 2 rings (SSSR count). The van der Waals surface area contributed by atoms with Crippen LogP contribution in [0.4, 0.5) is 0 Å². The van der Waals surface area contributed by atoms with Gasteiger partial charge >= 0.3 is 5.97 Å². The maximum absolute atomic E-state index is 11.3. The van der Waals surface area contributed by atoms with Gasteiger partial charge in [-0.1, -0.05) is 19.9 Å². The van der Waals surface area contributed by atoms with Crippen molar-refractivity contribution in [2.75, 3.05) is 0 Å². The molecule has 0 aromatic carbocycles. The van der Waals surface area contributed by atoms with Crippen molar-refractivity contribution in [3.63, 3.8) is 0 Å². The monoisotopic (exact) mass is 218 g/mol. The van der Waals surface area contributed by atoms with E-state index >= 15 is 0 Å². The molecule has 0 amide bonds. The molecular weight excluding hydrogens is 204 g/mol. The highest BCUT2D eigenvalue weighted by molar-refractivity contribution is 5.88. The van der Waals surface area contributed by atoms with E-state index in [1.54, 1.807) is 10.6 Å². The Hall–Kier alpha value is -1.84. The van der Waals surface area contributed by atoms with Crippen molar-refractivity contribution in [3.8, 4) is 0 Å². The molecule has 0 aliphatic rings. The Balaban J connectivity index is 2.82. The number of hydrogen-bond acceptors (Lipinski definition) is 2. The largest absolute Gasteiger partial charge is 0.477 e. The summed E-state index contributed by atoms with van der Waals surface area (Å²) in [5.41, 5.74) is 2.61. The average Bonchev–Trinajstić information content (AvgIpc) is 2.55. The first-order valence-corrected chi connectivity index (χ1v) is 5.22. The van der Waals surface area contributed by atoms with E-state index in [0.29, 0.717) is 11.3 Å². The number of imidazole rings is 1. The summed E-state index contributed by atoms with van der Waals surface area (Å²) in [7, 11) is 0. The normalized spacial score (nSPS) is 11.2.